The molecule has 120 valence electrons. The largest absolute Gasteiger partial charge is 0.223 e. The third kappa shape index (κ3) is 2.20. The van der Waals surface area contributed by atoms with Gasteiger partial charge in [0.05, 0.1) is 4.90 Å². The molecule has 0 aromatic heterocycles. The van der Waals surface area contributed by atoms with Crippen LogP contribution in [0.2, 0.25) is 0 Å². The molecule has 1 unspecified atom stereocenters. The molecule has 0 saturated heterocycles. The number of aryl methyl sites for hydroxylation is 1. The standard InChI is InChI=1S/C21H18O2S/c1-2-15-7-3-4-12-19(15)24(22,23)20-14-13-17-9-5-8-16-10-6-11-18(20)21(16)17/h3-14,20H,2H2,1H3. The maximum atomic E-state index is 13.4. The van der Waals surface area contributed by atoms with Gasteiger partial charge in [-0.3, -0.25) is 0 Å². The van der Waals surface area contributed by atoms with Crippen LogP contribution in [0.3, 0.4) is 0 Å². The van der Waals surface area contributed by atoms with Gasteiger partial charge in [-0.25, -0.2) is 8.42 Å². The first-order valence-corrected chi connectivity index (χ1v) is 9.69. The van der Waals surface area contributed by atoms with E-state index in [-0.39, 0.29) is 0 Å². The van der Waals surface area contributed by atoms with Gasteiger partial charge >= 0.3 is 0 Å². The monoisotopic (exact) mass is 334 g/mol. The van der Waals surface area contributed by atoms with Crippen molar-refractivity contribution in [2.75, 3.05) is 0 Å². The van der Waals surface area contributed by atoms with Gasteiger partial charge in [-0.05, 0) is 39.9 Å². The van der Waals surface area contributed by atoms with Gasteiger partial charge in [0.1, 0.15) is 5.25 Å². The predicted octanol–water partition coefficient (Wildman–Crippen LogP) is 4.94. The van der Waals surface area contributed by atoms with Crippen molar-refractivity contribution < 1.29 is 8.42 Å². The molecule has 24 heavy (non-hydrogen) atoms. The fourth-order valence-corrected chi connectivity index (χ4v) is 5.49. The Kier molecular flexibility index (Phi) is 3.54. The molecule has 0 fully saturated rings. The molecule has 0 amide bonds. The van der Waals surface area contributed by atoms with E-state index in [1.807, 2.05) is 67.6 Å². The summed E-state index contributed by atoms with van der Waals surface area (Å²) in [6, 6.07) is 19.3. The topological polar surface area (TPSA) is 34.1 Å². The molecule has 0 bridgehead atoms. The Balaban J connectivity index is 1.96. The summed E-state index contributed by atoms with van der Waals surface area (Å²) in [5.41, 5.74) is 2.83. The smallest absolute Gasteiger partial charge is 0.189 e. The molecular weight excluding hydrogens is 316 g/mol. The zero-order valence-electron chi connectivity index (χ0n) is 13.4. The second-order valence-electron chi connectivity index (χ2n) is 6.08. The van der Waals surface area contributed by atoms with Gasteiger partial charge < -0.3 is 0 Å². The predicted molar refractivity (Wildman–Crippen MR) is 98.7 cm³/mol. The molecule has 0 heterocycles. The minimum atomic E-state index is -3.48. The van der Waals surface area contributed by atoms with Crippen LogP contribution < -0.4 is 0 Å². The first-order chi connectivity index (χ1) is 11.6. The lowest BCUT2D eigenvalue weighted by Gasteiger charge is -2.22. The average Bonchev–Trinajstić information content (AvgIpc) is 2.62. The molecule has 1 aliphatic carbocycles. The second-order valence-corrected chi connectivity index (χ2v) is 8.12. The number of sulfone groups is 1. The normalized spacial score (nSPS) is 16.5. The zero-order valence-corrected chi connectivity index (χ0v) is 14.3. The highest BCUT2D eigenvalue weighted by Gasteiger charge is 2.31. The van der Waals surface area contributed by atoms with Crippen molar-refractivity contribution in [2.24, 2.45) is 0 Å². The van der Waals surface area contributed by atoms with Gasteiger partial charge in [0.2, 0.25) is 0 Å². The molecule has 3 aromatic rings. The summed E-state index contributed by atoms with van der Waals surface area (Å²) < 4.78 is 26.7. The van der Waals surface area contributed by atoms with Crippen LogP contribution in [0.25, 0.3) is 16.8 Å². The lowest BCUT2D eigenvalue weighted by Crippen LogP contribution is -2.15. The summed E-state index contributed by atoms with van der Waals surface area (Å²) in [6.45, 7) is 1.99. The maximum Gasteiger partial charge on any atom is 0.189 e. The van der Waals surface area contributed by atoms with Gasteiger partial charge in [-0.2, -0.15) is 0 Å². The molecule has 3 heteroatoms. The van der Waals surface area contributed by atoms with Crippen molar-refractivity contribution in [3.05, 3.63) is 83.4 Å². The van der Waals surface area contributed by atoms with Gasteiger partial charge in [0, 0.05) is 0 Å². The molecule has 0 spiro atoms. The van der Waals surface area contributed by atoms with Crippen LogP contribution in [0.15, 0.2) is 71.6 Å². The number of rotatable bonds is 3. The molecule has 3 aromatic carbocycles. The Morgan fingerprint density at radius 3 is 2.46 bits per heavy atom. The molecule has 1 atom stereocenters. The summed E-state index contributed by atoms with van der Waals surface area (Å²) in [6.07, 6.45) is 4.46. The van der Waals surface area contributed by atoms with Crippen LogP contribution in [0.5, 0.6) is 0 Å². The number of benzene rings is 3. The molecule has 2 nitrogen and oxygen atoms in total. The Morgan fingerprint density at radius 2 is 1.67 bits per heavy atom. The van der Waals surface area contributed by atoms with E-state index in [0.717, 1.165) is 27.5 Å². The van der Waals surface area contributed by atoms with E-state index in [4.69, 9.17) is 0 Å². The third-order valence-electron chi connectivity index (χ3n) is 4.72. The Morgan fingerprint density at radius 1 is 0.917 bits per heavy atom. The van der Waals surface area contributed by atoms with Crippen LogP contribution in [-0.4, -0.2) is 8.42 Å². The Labute approximate surface area is 142 Å². The van der Waals surface area contributed by atoms with E-state index in [2.05, 4.69) is 0 Å². The van der Waals surface area contributed by atoms with Crippen molar-refractivity contribution in [1.29, 1.82) is 0 Å². The molecule has 0 aliphatic heterocycles. The minimum absolute atomic E-state index is 0.443. The lowest BCUT2D eigenvalue weighted by molar-refractivity contribution is 0.589. The van der Waals surface area contributed by atoms with Gasteiger partial charge in [0.15, 0.2) is 9.84 Å². The molecule has 0 saturated carbocycles. The Hall–Kier alpha value is -2.39. The van der Waals surface area contributed by atoms with E-state index in [1.165, 1.54) is 0 Å². The summed E-state index contributed by atoms with van der Waals surface area (Å²) in [5, 5.41) is 1.49. The average molecular weight is 334 g/mol. The van der Waals surface area contributed by atoms with Crippen molar-refractivity contribution in [3.8, 4) is 0 Å². The van der Waals surface area contributed by atoms with E-state index in [9.17, 15) is 8.42 Å². The van der Waals surface area contributed by atoms with Crippen LogP contribution in [0.4, 0.5) is 0 Å². The van der Waals surface area contributed by atoms with Crippen LogP contribution in [-0.2, 0) is 16.3 Å². The minimum Gasteiger partial charge on any atom is -0.223 e. The molecule has 4 rings (SSSR count). The summed E-state index contributed by atoms with van der Waals surface area (Å²) in [5.74, 6) is 0. The summed E-state index contributed by atoms with van der Waals surface area (Å²) in [4.78, 5) is 0.443. The maximum absolute atomic E-state index is 13.4. The van der Waals surface area contributed by atoms with Crippen LogP contribution in [0, 0.1) is 0 Å². The summed E-state index contributed by atoms with van der Waals surface area (Å²) in [7, 11) is -3.48. The van der Waals surface area contributed by atoms with E-state index in [0.29, 0.717) is 11.3 Å². The van der Waals surface area contributed by atoms with Gasteiger partial charge in [0.25, 0.3) is 0 Å². The third-order valence-corrected chi connectivity index (χ3v) is 6.81. The van der Waals surface area contributed by atoms with Gasteiger partial charge in [-0.15, -0.1) is 0 Å². The van der Waals surface area contributed by atoms with Crippen LogP contribution in [0.1, 0.15) is 28.9 Å². The Bertz CT molecular complexity index is 1060. The number of hydrogen-bond donors (Lipinski definition) is 0. The lowest BCUT2D eigenvalue weighted by atomic mass is 9.93. The fraction of sp³-hybridized carbons (Fsp3) is 0.143. The highest BCUT2D eigenvalue weighted by atomic mass is 32.2. The molecule has 1 aliphatic rings. The first kappa shape index (κ1) is 15.2. The summed E-state index contributed by atoms with van der Waals surface area (Å²) >= 11 is 0. The first-order valence-electron chi connectivity index (χ1n) is 8.14. The van der Waals surface area contributed by atoms with Crippen LogP contribution >= 0.6 is 0 Å². The molecular formula is C21H18O2S. The van der Waals surface area contributed by atoms with Crippen molar-refractivity contribution >= 4 is 26.7 Å². The highest BCUT2D eigenvalue weighted by molar-refractivity contribution is 7.92. The van der Waals surface area contributed by atoms with E-state index >= 15 is 0 Å². The molecule has 0 N–H and O–H groups in total. The second kappa shape index (κ2) is 5.60. The zero-order chi connectivity index (χ0) is 16.7. The highest BCUT2D eigenvalue weighted by Crippen LogP contribution is 2.40. The van der Waals surface area contributed by atoms with E-state index < -0.39 is 15.1 Å². The fourth-order valence-electron chi connectivity index (χ4n) is 3.55. The van der Waals surface area contributed by atoms with Crippen molar-refractivity contribution in [3.63, 3.8) is 0 Å². The van der Waals surface area contributed by atoms with Crippen molar-refractivity contribution in [1.82, 2.24) is 0 Å². The van der Waals surface area contributed by atoms with E-state index in [1.54, 1.807) is 12.1 Å². The quantitative estimate of drug-likeness (QED) is 0.679. The SMILES string of the molecule is CCc1ccccc1S(=O)(=O)C1C=Cc2cccc3cccc1c23. The number of hydrogen-bond acceptors (Lipinski definition) is 2. The van der Waals surface area contributed by atoms with Gasteiger partial charge in [-0.1, -0.05) is 73.7 Å². The van der Waals surface area contributed by atoms with Crippen molar-refractivity contribution in [2.45, 2.75) is 23.5 Å². The molecule has 0 radical (unpaired) electrons.